The van der Waals surface area contributed by atoms with Crippen LogP contribution in [0.15, 0.2) is 158 Å². The lowest BCUT2D eigenvalue weighted by molar-refractivity contribution is 0.0986. The highest BCUT2D eigenvalue weighted by molar-refractivity contribution is 6.16. The third kappa shape index (κ3) is 5.71. The highest BCUT2D eigenvalue weighted by atomic mass is 16.2. The molecule has 0 aliphatic heterocycles. The van der Waals surface area contributed by atoms with Gasteiger partial charge in [-0.2, -0.15) is 0 Å². The van der Waals surface area contributed by atoms with Crippen LogP contribution in [0, 0.1) is 13.8 Å². The molecule has 51 heavy (non-hydrogen) atoms. The normalized spacial score (nSPS) is 11.2. The van der Waals surface area contributed by atoms with Crippen LogP contribution < -0.4 is 4.90 Å². The fourth-order valence-corrected chi connectivity index (χ4v) is 7.39. The van der Waals surface area contributed by atoms with Crippen LogP contribution in [0.25, 0.3) is 60.9 Å². The zero-order valence-corrected chi connectivity index (χ0v) is 28.8. The van der Waals surface area contributed by atoms with Crippen molar-refractivity contribution in [3.05, 3.63) is 180 Å². The third-order valence-corrected chi connectivity index (χ3v) is 9.74. The maximum Gasteiger partial charge on any atom is 0.260 e. The molecule has 8 aromatic rings. The molecule has 0 spiro atoms. The Morgan fingerprint density at radius 2 is 1.18 bits per heavy atom. The van der Waals surface area contributed by atoms with Gasteiger partial charge in [-0.05, 0) is 78.1 Å². The van der Waals surface area contributed by atoms with E-state index in [4.69, 9.17) is 0 Å². The topological polar surface area (TPSA) is 42.3 Å². The van der Waals surface area contributed by atoms with Gasteiger partial charge >= 0.3 is 0 Å². The van der Waals surface area contributed by atoms with Crippen molar-refractivity contribution in [3.63, 3.8) is 0 Å². The number of anilines is 1. The van der Waals surface area contributed by atoms with Crippen molar-refractivity contribution in [2.45, 2.75) is 13.8 Å². The van der Waals surface area contributed by atoms with E-state index in [1.165, 1.54) is 16.7 Å². The second kappa shape index (κ2) is 13.1. The number of fused-ring (bicyclic) bond motifs is 3. The molecule has 246 valence electrons. The van der Waals surface area contributed by atoms with Crippen LogP contribution >= 0.6 is 0 Å². The minimum absolute atomic E-state index is 0.268. The number of aromatic nitrogens is 1. The summed E-state index contributed by atoms with van der Waals surface area (Å²) in [6.45, 7) is 4.24. The molecule has 1 amide bonds. The van der Waals surface area contributed by atoms with Crippen LogP contribution in [0.4, 0.5) is 5.69 Å². The van der Waals surface area contributed by atoms with Gasteiger partial charge in [-0.3, -0.25) is 9.59 Å². The quantitative estimate of drug-likeness (QED) is 0.160. The van der Waals surface area contributed by atoms with Gasteiger partial charge < -0.3 is 9.47 Å². The van der Waals surface area contributed by atoms with Gasteiger partial charge in [0.05, 0.1) is 28.0 Å². The Hall–Kier alpha value is -6.52. The number of carbonyl (C=O) groups excluding carboxylic acids is 2. The van der Waals surface area contributed by atoms with E-state index < -0.39 is 0 Å². The van der Waals surface area contributed by atoms with Crippen molar-refractivity contribution in [1.29, 1.82) is 0 Å². The van der Waals surface area contributed by atoms with E-state index in [2.05, 4.69) is 97.3 Å². The highest BCUT2D eigenvalue weighted by Gasteiger charge is 2.26. The van der Waals surface area contributed by atoms with E-state index in [-0.39, 0.29) is 5.91 Å². The van der Waals surface area contributed by atoms with Crippen molar-refractivity contribution in [2.75, 3.05) is 11.9 Å². The summed E-state index contributed by atoms with van der Waals surface area (Å²) in [5.74, 6) is -0.268. The molecular formula is C47H36N2O2. The minimum Gasteiger partial charge on any atom is -0.311 e. The molecule has 4 heteroatoms. The number of hydrogen-bond acceptors (Lipinski definition) is 2. The van der Waals surface area contributed by atoms with E-state index >= 15 is 0 Å². The minimum atomic E-state index is -0.268. The Labute approximate surface area is 297 Å². The third-order valence-electron chi connectivity index (χ3n) is 9.74. The molecule has 0 aliphatic carbocycles. The summed E-state index contributed by atoms with van der Waals surface area (Å²) in [5.41, 5.74) is 12.8. The average Bonchev–Trinajstić information content (AvgIpc) is 3.50. The van der Waals surface area contributed by atoms with Gasteiger partial charge in [-0.1, -0.05) is 132 Å². The first-order chi connectivity index (χ1) is 24.9. The smallest absolute Gasteiger partial charge is 0.260 e. The molecule has 0 radical (unpaired) electrons. The summed E-state index contributed by atoms with van der Waals surface area (Å²) in [6.07, 6.45) is 0.785. The second-order valence-electron chi connectivity index (χ2n) is 13.1. The van der Waals surface area contributed by atoms with Crippen molar-refractivity contribution in [1.82, 2.24) is 4.57 Å². The largest absolute Gasteiger partial charge is 0.311 e. The molecule has 0 bridgehead atoms. The Morgan fingerprint density at radius 3 is 1.90 bits per heavy atom. The Balaban J connectivity index is 1.30. The lowest BCUT2D eigenvalue weighted by Crippen LogP contribution is -2.29. The molecule has 8 rings (SSSR count). The van der Waals surface area contributed by atoms with Crippen LogP contribution in [0.3, 0.4) is 0 Å². The summed E-state index contributed by atoms with van der Waals surface area (Å²) in [7, 11) is 1.79. The molecule has 1 aromatic heterocycles. The SMILES string of the molecule is Cc1cc(C)cc(-c2ccc3c(c2)c2ccccc2n3-c2cccc(C=O)c2C(=O)N(C)c2ccc(-c3ccccc3)cc2-c2ccccc2)c1. The van der Waals surface area contributed by atoms with Crippen LogP contribution in [-0.4, -0.2) is 23.8 Å². The molecule has 0 N–H and O–H groups in total. The second-order valence-corrected chi connectivity index (χ2v) is 13.1. The Morgan fingerprint density at radius 1 is 0.549 bits per heavy atom. The Kier molecular flexibility index (Phi) is 8.13. The van der Waals surface area contributed by atoms with Gasteiger partial charge in [0, 0.05) is 28.9 Å². The first-order valence-corrected chi connectivity index (χ1v) is 17.1. The van der Waals surface area contributed by atoms with Crippen molar-refractivity contribution < 1.29 is 9.59 Å². The Bertz CT molecular complexity index is 2580. The summed E-state index contributed by atoms with van der Waals surface area (Å²) in [5, 5.41) is 2.15. The molecule has 0 aliphatic rings. The number of aryl methyl sites for hydroxylation is 2. The van der Waals surface area contributed by atoms with Crippen LogP contribution in [-0.2, 0) is 0 Å². The maximum absolute atomic E-state index is 14.9. The summed E-state index contributed by atoms with van der Waals surface area (Å²) < 4.78 is 2.13. The molecule has 1 heterocycles. The predicted octanol–water partition coefficient (Wildman–Crippen LogP) is 11.5. The van der Waals surface area contributed by atoms with Crippen LogP contribution in [0.1, 0.15) is 31.8 Å². The van der Waals surface area contributed by atoms with Crippen LogP contribution in [0.5, 0.6) is 0 Å². The van der Waals surface area contributed by atoms with Gasteiger partial charge in [-0.15, -0.1) is 0 Å². The molecule has 0 fully saturated rings. The fourth-order valence-electron chi connectivity index (χ4n) is 7.39. The lowest BCUT2D eigenvalue weighted by Gasteiger charge is -2.24. The molecule has 0 saturated carbocycles. The van der Waals surface area contributed by atoms with Gasteiger partial charge in [0.25, 0.3) is 5.91 Å². The van der Waals surface area contributed by atoms with Gasteiger partial charge in [0.2, 0.25) is 0 Å². The number of amides is 1. The number of nitrogens with zero attached hydrogens (tertiary/aromatic N) is 2. The number of para-hydroxylation sites is 1. The van der Waals surface area contributed by atoms with Crippen molar-refractivity contribution in [2.24, 2.45) is 0 Å². The summed E-state index contributed by atoms with van der Waals surface area (Å²) in [6, 6.07) is 53.4. The van der Waals surface area contributed by atoms with Crippen molar-refractivity contribution >= 4 is 39.7 Å². The standard InChI is InChI=1S/C47H36N2O2/c1-31-25-32(2)27-38(26-31)36-22-24-44-41(29-36)39-18-10-11-19-43(39)49(44)45-20-12-17-37(30-50)46(45)47(51)48(3)42-23-21-35(33-13-6-4-7-14-33)28-40(42)34-15-8-5-9-16-34/h4-30H,1-3H3. The molecule has 7 aromatic carbocycles. The maximum atomic E-state index is 14.9. The van der Waals surface area contributed by atoms with E-state index in [1.54, 1.807) is 18.0 Å². The molecule has 0 saturated heterocycles. The number of benzene rings is 7. The summed E-state index contributed by atoms with van der Waals surface area (Å²) >= 11 is 0. The highest BCUT2D eigenvalue weighted by Crippen LogP contribution is 2.39. The number of rotatable bonds is 7. The zero-order chi connectivity index (χ0) is 35.1. The predicted molar refractivity (Wildman–Crippen MR) is 211 cm³/mol. The molecule has 4 nitrogen and oxygen atoms in total. The first-order valence-electron chi connectivity index (χ1n) is 17.1. The van der Waals surface area contributed by atoms with E-state index in [0.29, 0.717) is 16.8 Å². The summed E-state index contributed by atoms with van der Waals surface area (Å²) in [4.78, 5) is 29.3. The lowest BCUT2D eigenvalue weighted by atomic mass is 9.96. The van der Waals surface area contributed by atoms with Gasteiger partial charge in [0.15, 0.2) is 6.29 Å². The van der Waals surface area contributed by atoms with Crippen LogP contribution in [0.2, 0.25) is 0 Å². The fraction of sp³-hybridized carbons (Fsp3) is 0.0638. The van der Waals surface area contributed by atoms with E-state index in [1.807, 2.05) is 72.8 Å². The molecular weight excluding hydrogens is 625 g/mol. The molecule has 0 unspecified atom stereocenters. The van der Waals surface area contributed by atoms with Gasteiger partial charge in [-0.25, -0.2) is 0 Å². The van der Waals surface area contributed by atoms with Crippen molar-refractivity contribution in [3.8, 4) is 39.1 Å². The van der Waals surface area contributed by atoms with E-state index in [9.17, 15) is 9.59 Å². The van der Waals surface area contributed by atoms with Gasteiger partial charge in [0.1, 0.15) is 0 Å². The number of carbonyl (C=O) groups is 2. The zero-order valence-electron chi connectivity index (χ0n) is 28.8. The molecule has 0 atom stereocenters. The number of aldehydes is 1. The van der Waals surface area contributed by atoms with E-state index in [0.717, 1.165) is 61.6 Å². The number of hydrogen-bond donors (Lipinski definition) is 0. The first kappa shape index (κ1) is 31.7. The average molecular weight is 661 g/mol. The monoisotopic (exact) mass is 660 g/mol.